The molecule has 1 aromatic heterocycles. The Morgan fingerprint density at radius 3 is 2.91 bits per heavy atom. The van der Waals surface area contributed by atoms with Crippen LogP contribution in [0.4, 0.5) is 9.93 Å². The van der Waals surface area contributed by atoms with Crippen molar-refractivity contribution in [2.24, 2.45) is 0 Å². The predicted molar refractivity (Wildman–Crippen MR) is 85.0 cm³/mol. The molecule has 1 aliphatic rings. The lowest BCUT2D eigenvalue weighted by Crippen LogP contribution is -2.41. The van der Waals surface area contributed by atoms with Gasteiger partial charge in [-0.05, 0) is 12.8 Å². The Hall–Kier alpha value is -1.51. The van der Waals surface area contributed by atoms with Crippen LogP contribution in [-0.4, -0.2) is 58.8 Å². The van der Waals surface area contributed by atoms with Gasteiger partial charge in [-0.1, -0.05) is 24.3 Å². The van der Waals surface area contributed by atoms with Crippen molar-refractivity contribution in [3.63, 3.8) is 0 Å². The van der Waals surface area contributed by atoms with Crippen LogP contribution < -0.4 is 4.90 Å². The van der Waals surface area contributed by atoms with Crippen molar-refractivity contribution in [3.8, 4) is 0 Å². The van der Waals surface area contributed by atoms with Crippen LogP contribution in [0.5, 0.6) is 0 Å². The zero-order valence-corrected chi connectivity index (χ0v) is 13.8. The summed E-state index contributed by atoms with van der Waals surface area (Å²) in [5.41, 5.74) is 0. The Morgan fingerprint density at radius 1 is 1.50 bits per heavy atom. The monoisotopic (exact) mass is 326 g/mol. The fourth-order valence-corrected chi connectivity index (χ4v) is 3.38. The van der Waals surface area contributed by atoms with Crippen LogP contribution in [0.15, 0.2) is 12.7 Å². The van der Waals surface area contributed by atoms with E-state index in [1.807, 2.05) is 0 Å². The molecule has 0 saturated carbocycles. The third kappa shape index (κ3) is 3.29. The number of ether oxygens (including phenoxy) is 1. The third-order valence-electron chi connectivity index (χ3n) is 3.50. The van der Waals surface area contributed by atoms with Gasteiger partial charge in [0.15, 0.2) is 6.23 Å². The number of carbonyl (C=O) groups is 1. The molecule has 0 aromatic carbocycles. The number of anilines is 1. The number of aliphatic hydroxyl groups excluding tert-OH is 1. The topological polar surface area (TPSA) is 78.8 Å². The second kappa shape index (κ2) is 7.66. The van der Waals surface area contributed by atoms with E-state index in [2.05, 4.69) is 23.7 Å². The Labute approximate surface area is 134 Å². The number of methoxy groups -OCH3 is 1. The van der Waals surface area contributed by atoms with E-state index in [4.69, 9.17) is 4.74 Å². The number of nitrogens with zero attached hydrogens (tertiary/aromatic N) is 4. The quantitative estimate of drug-likeness (QED) is 0.735. The number of carbonyl (C=O) groups excluding carboxylic acids is 1. The summed E-state index contributed by atoms with van der Waals surface area (Å²) >= 11 is 1.34. The highest BCUT2D eigenvalue weighted by Gasteiger charge is 2.46. The Kier molecular flexibility index (Phi) is 5.87. The van der Waals surface area contributed by atoms with Crippen LogP contribution in [0.2, 0.25) is 0 Å². The summed E-state index contributed by atoms with van der Waals surface area (Å²) in [5.74, 6) is 0. The number of urea groups is 1. The van der Waals surface area contributed by atoms with E-state index in [1.54, 1.807) is 18.1 Å². The molecule has 1 fully saturated rings. The van der Waals surface area contributed by atoms with Crippen LogP contribution in [0.1, 0.15) is 24.8 Å². The van der Waals surface area contributed by atoms with E-state index in [9.17, 15) is 9.90 Å². The minimum absolute atomic E-state index is 0.265. The molecule has 0 radical (unpaired) electrons. The van der Waals surface area contributed by atoms with Gasteiger partial charge < -0.3 is 14.7 Å². The second-order valence-corrected chi connectivity index (χ2v) is 6.13. The van der Waals surface area contributed by atoms with E-state index in [1.165, 1.54) is 16.2 Å². The summed E-state index contributed by atoms with van der Waals surface area (Å²) in [4.78, 5) is 15.5. The largest absolute Gasteiger partial charge is 0.382 e. The van der Waals surface area contributed by atoms with Gasteiger partial charge in [-0.2, -0.15) is 0 Å². The first-order chi connectivity index (χ1) is 10.6. The molecule has 2 rings (SSSR count). The summed E-state index contributed by atoms with van der Waals surface area (Å²) in [6, 6.07) is -0.688. The number of aromatic nitrogens is 2. The van der Waals surface area contributed by atoms with E-state index in [0.29, 0.717) is 18.1 Å². The minimum atomic E-state index is -0.986. The molecular weight excluding hydrogens is 304 g/mol. The van der Waals surface area contributed by atoms with E-state index in [-0.39, 0.29) is 12.6 Å². The number of aliphatic hydroxyl groups is 1. The van der Waals surface area contributed by atoms with Gasteiger partial charge in [-0.15, -0.1) is 16.8 Å². The fraction of sp³-hybridized carbons (Fsp3) is 0.643. The minimum Gasteiger partial charge on any atom is -0.382 e. The molecule has 1 saturated heterocycles. The van der Waals surface area contributed by atoms with Crippen molar-refractivity contribution >= 4 is 22.5 Å². The molecule has 0 aliphatic carbocycles. The average molecular weight is 326 g/mol. The maximum absolute atomic E-state index is 12.6. The van der Waals surface area contributed by atoms with Gasteiger partial charge in [0.1, 0.15) is 11.0 Å². The fourth-order valence-electron chi connectivity index (χ4n) is 2.42. The maximum Gasteiger partial charge on any atom is 0.329 e. The number of hydrogen-bond donors (Lipinski definition) is 1. The van der Waals surface area contributed by atoms with Gasteiger partial charge in [0.05, 0.1) is 6.61 Å². The molecule has 8 heteroatoms. The first-order valence-corrected chi connectivity index (χ1v) is 8.15. The SMILES string of the molecule is C=CCCN1C(=O)N(c2nnc(CCC)s2)C(O)C1COC. The van der Waals surface area contributed by atoms with Gasteiger partial charge in [0, 0.05) is 20.1 Å². The zero-order chi connectivity index (χ0) is 16.1. The van der Waals surface area contributed by atoms with Crippen molar-refractivity contribution in [2.75, 3.05) is 25.2 Å². The molecule has 1 aromatic rings. The van der Waals surface area contributed by atoms with Crippen molar-refractivity contribution < 1.29 is 14.6 Å². The molecule has 2 atom stereocenters. The Bertz CT molecular complexity index is 522. The molecule has 2 heterocycles. The predicted octanol–water partition coefficient (Wildman–Crippen LogP) is 1.64. The highest BCUT2D eigenvalue weighted by molar-refractivity contribution is 7.15. The number of aryl methyl sites for hydroxylation is 1. The van der Waals surface area contributed by atoms with Crippen molar-refractivity contribution in [2.45, 2.75) is 38.5 Å². The van der Waals surface area contributed by atoms with Crippen LogP contribution >= 0.6 is 11.3 Å². The smallest absolute Gasteiger partial charge is 0.329 e. The average Bonchev–Trinajstić information content (AvgIpc) is 3.03. The molecule has 2 amide bonds. The number of hydrogen-bond acceptors (Lipinski definition) is 6. The molecule has 122 valence electrons. The van der Waals surface area contributed by atoms with Crippen molar-refractivity contribution in [1.82, 2.24) is 15.1 Å². The molecule has 7 nitrogen and oxygen atoms in total. The third-order valence-corrected chi connectivity index (χ3v) is 4.48. The highest BCUT2D eigenvalue weighted by atomic mass is 32.1. The van der Waals surface area contributed by atoms with Gasteiger partial charge >= 0.3 is 6.03 Å². The summed E-state index contributed by atoms with van der Waals surface area (Å²) in [5, 5.41) is 19.9. The van der Waals surface area contributed by atoms with E-state index in [0.717, 1.165) is 17.8 Å². The first-order valence-electron chi connectivity index (χ1n) is 7.34. The lowest BCUT2D eigenvalue weighted by Gasteiger charge is -2.22. The van der Waals surface area contributed by atoms with E-state index >= 15 is 0 Å². The lowest BCUT2D eigenvalue weighted by atomic mass is 10.2. The van der Waals surface area contributed by atoms with Gasteiger partial charge in [0.25, 0.3) is 0 Å². The highest BCUT2D eigenvalue weighted by Crippen LogP contribution is 2.31. The Balaban J connectivity index is 2.22. The van der Waals surface area contributed by atoms with Crippen LogP contribution in [0.25, 0.3) is 0 Å². The lowest BCUT2D eigenvalue weighted by molar-refractivity contribution is 0.0559. The number of rotatable bonds is 8. The van der Waals surface area contributed by atoms with Gasteiger partial charge in [-0.3, -0.25) is 0 Å². The maximum atomic E-state index is 12.6. The molecule has 1 aliphatic heterocycles. The first kappa shape index (κ1) is 16.9. The molecule has 22 heavy (non-hydrogen) atoms. The van der Waals surface area contributed by atoms with Gasteiger partial charge in [-0.25, -0.2) is 9.69 Å². The molecule has 0 bridgehead atoms. The van der Waals surface area contributed by atoms with Crippen molar-refractivity contribution in [3.05, 3.63) is 17.7 Å². The molecule has 2 unspecified atom stereocenters. The zero-order valence-electron chi connectivity index (χ0n) is 12.9. The second-order valence-electron chi connectivity index (χ2n) is 5.09. The Morgan fingerprint density at radius 2 is 2.27 bits per heavy atom. The summed E-state index contributed by atoms with van der Waals surface area (Å²) in [6.07, 6.45) is 3.19. The summed E-state index contributed by atoms with van der Waals surface area (Å²) in [7, 11) is 1.55. The number of amides is 2. The standard InChI is InChI=1S/C14H22N4O3S/c1-4-6-8-17-10(9-21-3)12(19)18(14(17)20)13-16-15-11(22-13)7-5-2/h4,10,12,19H,1,5-9H2,2-3H3. The van der Waals surface area contributed by atoms with Gasteiger partial charge in [0.2, 0.25) is 5.13 Å². The molecule has 1 N–H and O–H groups in total. The molecule has 0 spiro atoms. The van der Waals surface area contributed by atoms with Crippen molar-refractivity contribution in [1.29, 1.82) is 0 Å². The molecular formula is C14H22N4O3S. The normalized spacial score (nSPS) is 21.7. The summed E-state index contributed by atoms with van der Waals surface area (Å²) < 4.78 is 5.14. The van der Waals surface area contributed by atoms with Crippen LogP contribution in [0, 0.1) is 0 Å². The van der Waals surface area contributed by atoms with E-state index < -0.39 is 12.3 Å². The van der Waals surface area contributed by atoms with Crippen LogP contribution in [0.3, 0.4) is 0 Å². The summed E-state index contributed by atoms with van der Waals surface area (Å²) in [6.45, 7) is 6.49. The van der Waals surface area contributed by atoms with Crippen LogP contribution in [-0.2, 0) is 11.2 Å².